The molecule has 0 saturated carbocycles. The van der Waals surface area contributed by atoms with Crippen molar-refractivity contribution in [3.8, 4) is 0 Å². The second-order valence-corrected chi connectivity index (χ2v) is 6.55. The summed E-state index contributed by atoms with van der Waals surface area (Å²) in [5, 5.41) is 7.21. The molecular weight excluding hydrogens is 332 g/mol. The molecule has 26 heavy (non-hydrogen) atoms. The zero-order valence-electron chi connectivity index (χ0n) is 16.3. The lowest BCUT2D eigenvalue weighted by atomic mass is 10.1. The lowest BCUT2D eigenvalue weighted by molar-refractivity contribution is 0.0949. The number of aryl methyl sites for hydroxylation is 4. The monoisotopic (exact) mass is 360 g/mol. The molecule has 0 aliphatic rings. The van der Waals surface area contributed by atoms with Gasteiger partial charge in [0.2, 0.25) is 0 Å². The summed E-state index contributed by atoms with van der Waals surface area (Å²) in [6.45, 7) is 9.67. The normalized spacial score (nSPS) is 11.0. The second kappa shape index (κ2) is 8.80. The van der Waals surface area contributed by atoms with Crippen LogP contribution in [-0.4, -0.2) is 40.5 Å². The van der Waals surface area contributed by atoms with E-state index in [2.05, 4.69) is 10.4 Å². The van der Waals surface area contributed by atoms with E-state index in [4.69, 9.17) is 4.74 Å². The highest BCUT2D eigenvalue weighted by Crippen LogP contribution is 2.07. The number of amides is 1. The van der Waals surface area contributed by atoms with Gasteiger partial charge in [-0.25, -0.2) is 0 Å². The van der Waals surface area contributed by atoms with E-state index in [-0.39, 0.29) is 17.0 Å². The molecule has 0 aliphatic carbocycles. The first-order valence-corrected chi connectivity index (χ1v) is 8.84. The lowest BCUT2D eigenvalue weighted by Gasteiger charge is -2.14. The molecule has 142 valence electrons. The average Bonchev–Trinajstić information content (AvgIpc) is 2.88. The fraction of sp³-hybridized carbons (Fsp3) is 0.526. The molecule has 0 spiro atoms. The highest BCUT2D eigenvalue weighted by Gasteiger charge is 2.17. The molecule has 0 fully saturated rings. The van der Waals surface area contributed by atoms with Gasteiger partial charge in [-0.15, -0.1) is 0 Å². The Labute approximate surface area is 154 Å². The molecule has 0 saturated heterocycles. The van der Waals surface area contributed by atoms with Gasteiger partial charge in [0.05, 0.1) is 12.2 Å². The summed E-state index contributed by atoms with van der Waals surface area (Å²) in [7, 11) is 1.63. The number of rotatable bonds is 8. The summed E-state index contributed by atoms with van der Waals surface area (Å²) in [6.07, 6.45) is 0.722. The summed E-state index contributed by atoms with van der Waals surface area (Å²) in [4.78, 5) is 25.4. The van der Waals surface area contributed by atoms with Gasteiger partial charge < -0.3 is 14.6 Å². The first kappa shape index (κ1) is 19.9. The van der Waals surface area contributed by atoms with Crippen molar-refractivity contribution in [2.75, 3.05) is 20.3 Å². The minimum absolute atomic E-state index is 0.210. The van der Waals surface area contributed by atoms with Crippen molar-refractivity contribution in [2.24, 2.45) is 0 Å². The number of nitrogens with zero attached hydrogens (tertiary/aromatic N) is 3. The van der Waals surface area contributed by atoms with Gasteiger partial charge in [0, 0.05) is 38.2 Å². The maximum atomic E-state index is 12.8. The summed E-state index contributed by atoms with van der Waals surface area (Å²) in [5.41, 5.74) is 3.50. The van der Waals surface area contributed by atoms with Gasteiger partial charge in [-0.05, 0) is 51.8 Å². The van der Waals surface area contributed by atoms with Crippen LogP contribution in [-0.2, 0) is 17.8 Å². The molecule has 7 nitrogen and oxygen atoms in total. The van der Waals surface area contributed by atoms with Gasteiger partial charge >= 0.3 is 0 Å². The Morgan fingerprint density at radius 3 is 2.50 bits per heavy atom. The molecule has 2 aromatic heterocycles. The number of methoxy groups -OCH3 is 1. The third-order valence-electron chi connectivity index (χ3n) is 4.37. The Bertz CT molecular complexity index is 836. The van der Waals surface area contributed by atoms with Gasteiger partial charge in [-0.2, -0.15) is 5.10 Å². The molecule has 0 aromatic carbocycles. The molecule has 2 rings (SSSR count). The summed E-state index contributed by atoms with van der Waals surface area (Å²) in [5.74, 6) is -0.338. The number of hydrogen-bond donors (Lipinski definition) is 1. The lowest BCUT2D eigenvalue weighted by Crippen LogP contribution is -2.36. The predicted molar refractivity (Wildman–Crippen MR) is 101 cm³/mol. The van der Waals surface area contributed by atoms with Crippen molar-refractivity contribution in [2.45, 2.75) is 47.2 Å². The minimum Gasteiger partial charge on any atom is -0.385 e. The van der Waals surface area contributed by atoms with E-state index >= 15 is 0 Å². The molecule has 0 unspecified atom stereocenters. The molecule has 1 amide bonds. The Morgan fingerprint density at radius 1 is 1.15 bits per heavy atom. The Balaban J connectivity index is 2.11. The van der Waals surface area contributed by atoms with Gasteiger partial charge in [-0.1, -0.05) is 0 Å². The zero-order valence-corrected chi connectivity index (χ0v) is 16.3. The minimum atomic E-state index is -0.338. The van der Waals surface area contributed by atoms with Gasteiger partial charge in [0.25, 0.3) is 11.5 Å². The molecule has 2 heterocycles. The van der Waals surface area contributed by atoms with Crippen LogP contribution in [0.5, 0.6) is 0 Å². The summed E-state index contributed by atoms with van der Waals surface area (Å²) in [6, 6.07) is 3.87. The van der Waals surface area contributed by atoms with Crippen LogP contribution in [0.1, 0.15) is 39.4 Å². The number of aromatic nitrogens is 3. The van der Waals surface area contributed by atoms with Crippen molar-refractivity contribution < 1.29 is 9.53 Å². The fourth-order valence-electron chi connectivity index (χ4n) is 3.11. The predicted octanol–water partition coefficient (Wildman–Crippen LogP) is 1.74. The molecule has 1 N–H and O–H groups in total. The number of carbonyl (C=O) groups is 1. The highest BCUT2D eigenvalue weighted by atomic mass is 16.5. The average molecular weight is 360 g/mol. The van der Waals surface area contributed by atoms with Crippen LogP contribution < -0.4 is 10.9 Å². The quantitative estimate of drug-likeness (QED) is 0.728. The van der Waals surface area contributed by atoms with E-state index < -0.39 is 0 Å². The number of nitrogens with one attached hydrogen (secondary N) is 1. The Morgan fingerprint density at radius 2 is 1.88 bits per heavy atom. The largest absolute Gasteiger partial charge is 0.385 e. The van der Waals surface area contributed by atoms with E-state index in [1.165, 1.54) is 0 Å². The second-order valence-electron chi connectivity index (χ2n) is 6.55. The third kappa shape index (κ3) is 4.60. The van der Waals surface area contributed by atoms with Crippen molar-refractivity contribution in [1.29, 1.82) is 0 Å². The third-order valence-corrected chi connectivity index (χ3v) is 4.37. The molecular formula is C19H28N4O3. The van der Waals surface area contributed by atoms with E-state index in [1.54, 1.807) is 18.6 Å². The zero-order chi connectivity index (χ0) is 19.3. The summed E-state index contributed by atoms with van der Waals surface area (Å²) >= 11 is 0. The number of pyridine rings is 1. The smallest absolute Gasteiger partial charge is 0.263 e. The Kier molecular flexibility index (Phi) is 6.74. The van der Waals surface area contributed by atoms with Crippen molar-refractivity contribution >= 4 is 5.91 Å². The van der Waals surface area contributed by atoms with E-state index in [0.29, 0.717) is 31.8 Å². The van der Waals surface area contributed by atoms with Gasteiger partial charge in [-0.3, -0.25) is 14.3 Å². The number of ether oxygens (including phenoxy) is 1. The first-order chi connectivity index (χ1) is 12.3. The highest BCUT2D eigenvalue weighted by molar-refractivity contribution is 5.95. The number of hydrogen-bond acceptors (Lipinski definition) is 4. The molecule has 0 radical (unpaired) electrons. The van der Waals surface area contributed by atoms with Crippen LogP contribution in [0.4, 0.5) is 0 Å². The maximum absolute atomic E-state index is 12.8. The van der Waals surface area contributed by atoms with Gasteiger partial charge in [0.1, 0.15) is 5.56 Å². The SMILES string of the molecule is COCCCn1c(C)cc(C)c(C(=O)NCCn2nc(C)cc2C)c1=O. The molecule has 0 bridgehead atoms. The summed E-state index contributed by atoms with van der Waals surface area (Å²) < 4.78 is 8.54. The van der Waals surface area contributed by atoms with Crippen LogP contribution in [0.15, 0.2) is 16.9 Å². The Hall–Kier alpha value is -2.41. The van der Waals surface area contributed by atoms with Crippen molar-refractivity contribution in [1.82, 2.24) is 19.7 Å². The molecule has 2 aromatic rings. The fourth-order valence-corrected chi connectivity index (χ4v) is 3.11. The van der Waals surface area contributed by atoms with E-state index in [9.17, 15) is 9.59 Å². The van der Waals surface area contributed by atoms with Crippen LogP contribution in [0.3, 0.4) is 0 Å². The van der Waals surface area contributed by atoms with E-state index in [0.717, 1.165) is 23.5 Å². The van der Waals surface area contributed by atoms with E-state index in [1.807, 2.05) is 37.6 Å². The maximum Gasteiger partial charge on any atom is 0.263 e. The molecule has 0 atom stereocenters. The van der Waals surface area contributed by atoms with Crippen LogP contribution in [0.25, 0.3) is 0 Å². The number of carbonyl (C=O) groups excluding carboxylic acids is 1. The van der Waals surface area contributed by atoms with Crippen molar-refractivity contribution in [3.05, 3.63) is 50.7 Å². The van der Waals surface area contributed by atoms with Crippen LogP contribution >= 0.6 is 0 Å². The standard InChI is InChI=1S/C19H28N4O3/c1-13-11-15(3)22(8-6-10-26-5)19(25)17(13)18(24)20-7-9-23-16(4)12-14(2)21-23/h11-12H,6-10H2,1-5H3,(H,20,24). The van der Waals surface area contributed by atoms with Gasteiger partial charge in [0.15, 0.2) is 0 Å². The first-order valence-electron chi connectivity index (χ1n) is 8.84. The van der Waals surface area contributed by atoms with Crippen LogP contribution in [0.2, 0.25) is 0 Å². The molecule has 7 heteroatoms. The van der Waals surface area contributed by atoms with Crippen LogP contribution in [0, 0.1) is 27.7 Å². The molecule has 0 aliphatic heterocycles. The van der Waals surface area contributed by atoms with Crippen molar-refractivity contribution in [3.63, 3.8) is 0 Å². The topological polar surface area (TPSA) is 78.2 Å².